The summed E-state index contributed by atoms with van der Waals surface area (Å²) >= 11 is 0. The summed E-state index contributed by atoms with van der Waals surface area (Å²) < 4.78 is 34.4. The molecule has 0 aliphatic rings. The lowest BCUT2D eigenvalue weighted by atomic mass is 10.2. The van der Waals surface area contributed by atoms with Crippen molar-refractivity contribution in [3.63, 3.8) is 0 Å². The van der Waals surface area contributed by atoms with Gasteiger partial charge in [0.2, 0.25) is 0 Å². The Kier molecular flexibility index (Phi) is 3.64. The van der Waals surface area contributed by atoms with Gasteiger partial charge in [-0.1, -0.05) is 18.2 Å². The Labute approximate surface area is 83.0 Å². The average molecular weight is 220 g/mol. The zero-order valence-corrected chi connectivity index (χ0v) is 7.34. The van der Waals surface area contributed by atoms with E-state index in [0.29, 0.717) is 0 Å². The number of alkyl halides is 3. The molecule has 0 unspecified atom stereocenters. The van der Waals surface area contributed by atoms with Crippen LogP contribution in [0.1, 0.15) is 10.4 Å². The van der Waals surface area contributed by atoms with Crippen molar-refractivity contribution in [2.24, 2.45) is 0 Å². The summed E-state index contributed by atoms with van der Waals surface area (Å²) in [4.78, 5) is 14.2. The van der Waals surface area contributed by atoms with Crippen molar-refractivity contribution in [3.05, 3.63) is 35.9 Å². The molecule has 0 heterocycles. The summed E-state index contributed by atoms with van der Waals surface area (Å²) in [6, 6.07) is 7.74. The molecule has 0 bridgehead atoms. The zero-order valence-electron chi connectivity index (χ0n) is 7.34. The van der Waals surface area contributed by atoms with Gasteiger partial charge in [-0.25, -0.2) is 0 Å². The highest BCUT2D eigenvalue weighted by Crippen LogP contribution is 2.13. The number of carbonyl (C=O) groups is 1. The van der Waals surface area contributed by atoms with Gasteiger partial charge < -0.3 is 0 Å². The number of nitrogens with one attached hydrogen (secondary N) is 2. The predicted molar refractivity (Wildman–Crippen MR) is 44.2 cm³/mol. The van der Waals surface area contributed by atoms with E-state index < -0.39 is 12.3 Å². The van der Waals surface area contributed by atoms with Gasteiger partial charge in [-0.05, 0) is 12.1 Å². The Morgan fingerprint density at radius 1 is 1.20 bits per heavy atom. The van der Waals surface area contributed by atoms with Crippen molar-refractivity contribution in [2.75, 3.05) is 0 Å². The molecule has 0 aliphatic heterocycles. The van der Waals surface area contributed by atoms with Gasteiger partial charge in [0.1, 0.15) is 0 Å². The minimum atomic E-state index is -4.84. The number of benzene rings is 1. The first-order valence-electron chi connectivity index (χ1n) is 3.84. The smallest absolute Gasteiger partial charge is 0.268 e. The minimum Gasteiger partial charge on any atom is -0.268 e. The highest BCUT2D eigenvalue weighted by molar-refractivity contribution is 5.93. The maximum atomic E-state index is 11.5. The highest BCUT2D eigenvalue weighted by Gasteiger charge is 2.30. The number of hydrazine groups is 1. The second-order valence-corrected chi connectivity index (χ2v) is 2.47. The van der Waals surface area contributed by atoms with Gasteiger partial charge in [0.15, 0.2) is 0 Å². The topological polar surface area (TPSA) is 50.4 Å². The monoisotopic (exact) mass is 220 g/mol. The second-order valence-electron chi connectivity index (χ2n) is 2.47. The van der Waals surface area contributed by atoms with E-state index in [4.69, 9.17) is 0 Å². The van der Waals surface area contributed by atoms with Gasteiger partial charge >= 0.3 is 6.36 Å². The Morgan fingerprint density at radius 2 is 1.80 bits per heavy atom. The first kappa shape index (κ1) is 11.5. The Bertz CT molecular complexity index is 326. The average Bonchev–Trinajstić information content (AvgIpc) is 2.17. The molecule has 0 saturated carbocycles. The quantitative estimate of drug-likeness (QED) is 0.756. The largest absolute Gasteiger partial charge is 0.540 e. The van der Waals surface area contributed by atoms with Crippen molar-refractivity contribution < 1.29 is 22.8 Å². The number of amides is 1. The number of hydrogen-bond donors (Lipinski definition) is 2. The standard InChI is InChI=1S/C8H7F3N2O2/c9-8(10,11)15-13-12-7(14)6-4-2-1-3-5-6/h1-5,13H,(H,12,14). The van der Waals surface area contributed by atoms with Crippen LogP contribution in [0.15, 0.2) is 30.3 Å². The van der Waals surface area contributed by atoms with Crippen molar-refractivity contribution in [1.29, 1.82) is 0 Å². The van der Waals surface area contributed by atoms with Crippen LogP contribution in [0.4, 0.5) is 13.2 Å². The number of hydrogen-bond acceptors (Lipinski definition) is 3. The molecular formula is C8H7F3N2O2. The van der Waals surface area contributed by atoms with E-state index in [9.17, 15) is 18.0 Å². The minimum absolute atomic E-state index is 0.218. The SMILES string of the molecule is O=C(NNOC(F)(F)F)c1ccccc1. The highest BCUT2D eigenvalue weighted by atomic mass is 19.4. The molecule has 1 aromatic rings. The first-order valence-corrected chi connectivity index (χ1v) is 3.84. The number of carbonyl (C=O) groups excluding carboxylic acids is 1. The van der Waals surface area contributed by atoms with Crippen LogP contribution in [-0.4, -0.2) is 12.3 Å². The molecule has 7 heteroatoms. The van der Waals surface area contributed by atoms with Gasteiger partial charge in [-0.3, -0.25) is 10.2 Å². The molecule has 0 aliphatic carbocycles. The summed E-state index contributed by atoms with van der Waals surface area (Å²) in [6.45, 7) is 0. The first-order chi connectivity index (χ1) is 6.99. The predicted octanol–water partition coefficient (Wildman–Crippen LogP) is 1.37. The normalized spacial score (nSPS) is 11.1. The van der Waals surface area contributed by atoms with E-state index in [0.717, 1.165) is 0 Å². The molecule has 0 fully saturated rings. The van der Waals surface area contributed by atoms with E-state index in [-0.39, 0.29) is 5.56 Å². The summed E-state index contributed by atoms with van der Waals surface area (Å²) in [5, 5.41) is 0. The van der Waals surface area contributed by atoms with Gasteiger partial charge in [-0.2, -0.15) is 4.84 Å². The van der Waals surface area contributed by atoms with Crippen LogP contribution in [0.3, 0.4) is 0 Å². The molecule has 1 aromatic carbocycles. The molecule has 0 radical (unpaired) electrons. The lowest BCUT2D eigenvalue weighted by Crippen LogP contribution is -2.40. The van der Waals surface area contributed by atoms with Crippen LogP contribution < -0.4 is 11.0 Å². The van der Waals surface area contributed by atoms with Crippen LogP contribution in [0.25, 0.3) is 0 Å². The number of halogens is 3. The maximum Gasteiger partial charge on any atom is 0.540 e. The molecule has 0 saturated heterocycles. The lowest BCUT2D eigenvalue weighted by molar-refractivity contribution is -0.354. The van der Waals surface area contributed by atoms with Crippen LogP contribution in [-0.2, 0) is 4.84 Å². The van der Waals surface area contributed by atoms with Crippen molar-refractivity contribution in [2.45, 2.75) is 6.36 Å². The summed E-state index contributed by atoms with van der Waals surface area (Å²) in [5.74, 6) is -0.722. The molecule has 2 N–H and O–H groups in total. The van der Waals surface area contributed by atoms with Gasteiger partial charge in [0, 0.05) is 5.56 Å². The van der Waals surface area contributed by atoms with E-state index in [2.05, 4.69) is 4.84 Å². The van der Waals surface area contributed by atoms with Crippen molar-refractivity contribution >= 4 is 5.91 Å². The molecule has 1 amide bonds. The third-order valence-electron chi connectivity index (χ3n) is 1.37. The van der Waals surface area contributed by atoms with E-state index in [1.54, 1.807) is 23.6 Å². The molecule has 4 nitrogen and oxygen atoms in total. The Morgan fingerprint density at radius 3 is 2.33 bits per heavy atom. The van der Waals surface area contributed by atoms with Crippen LogP contribution in [0.5, 0.6) is 0 Å². The Hall–Kier alpha value is -1.60. The fraction of sp³-hybridized carbons (Fsp3) is 0.125. The summed E-state index contributed by atoms with van der Waals surface area (Å²) in [5.41, 5.74) is 3.24. The van der Waals surface area contributed by atoms with Crippen LogP contribution in [0.2, 0.25) is 0 Å². The zero-order chi connectivity index (χ0) is 11.3. The third-order valence-corrected chi connectivity index (χ3v) is 1.37. The maximum absolute atomic E-state index is 11.5. The van der Waals surface area contributed by atoms with Gasteiger partial charge in [-0.15, -0.1) is 18.8 Å². The second kappa shape index (κ2) is 4.76. The lowest BCUT2D eigenvalue weighted by Gasteiger charge is -2.08. The number of rotatable bonds is 3. The van der Waals surface area contributed by atoms with E-state index in [1.165, 1.54) is 17.7 Å². The van der Waals surface area contributed by atoms with Crippen LogP contribution >= 0.6 is 0 Å². The molecule has 0 spiro atoms. The van der Waals surface area contributed by atoms with Crippen molar-refractivity contribution in [1.82, 2.24) is 11.0 Å². The molecule has 15 heavy (non-hydrogen) atoms. The molecule has 0 atom stereocenters. The molecule has 1 rings (SSSR count). The van der Waals surface area contributed by atoms with Gasteiger partial charge in [0.25, 0.3) is 5.91 Å². The van der Waals surface area contributed by atoms with E-state index >= 15 is 0 Å². The molecular weight excluding hydrogens is 213 g/mol. The van der Waals surface area contributed by atoms with Crippen LogP contribution in [0, 0.1) is 0 Å². The summed E-state index contributed by atoms with van der Waals surface area (Å²) in [7, 11) is 0. The Balaban J connectivity index is 2.38. The summed E-state index contributed by atoms with van der Waals surface area (Å²) in [6.07, 6.45) is -4.84. The third kappa shape index (κ3) is 4.43. The fourth-order valence-electron chi connectivity index (χ4n) is 0.791. The fourth-order valence-corrected chi connectivity index (χ4v) is 0.791. The van der Waals surface area contributed by atoms with Crippen molar-refractivity contribution in [3.8, 4) is 0 Å². The molecule has 82 valence electrons. The van der Waals surface area contributed by atoms with Gasteiger partial charge in [0.05, 0.1) is 0 Å². The van der Waals surface area contributed by atoms with E-state index in [1.807, 2.05) is 0 Å². The molecule has 0 aromatic heterocycles.